The Hall–Kier alpha value is -1.64. The van der Waals surface area contributed by atoms with Gasteiger partial charge in [-0.05, 0) is 37.5 Å². The second-order valence-electron chi connectivity index (χ2n) is 4.98. The van der Waals surface area contributed by atoms with E-state index in [4.69, 9.17) is 10.2 Å². The van der Waals surface area contributed by atoms with Gasteiger partial charge in [-0.3, -0.25) is 0 Å². The van der Waals surface area contributed by atoms with Gasteiger partial charge in [-0.1, -0.05) is 0 Å². The molecule has 0 aromatic heterocycles. The van der Waals surface area contributed by atoms with Crippen LogP contribution in [0.4, 0.5) is 0 Å². The van der Waals surface area contributed by atoms with Crippen molar-refractivity contribution in [3.8, 4) is 5.75 Å². The molecule has 4 N–H and O–H groups in total. The minimum absolute atomic E-state index is 0.215. The van der Waals surface area contributed by atoms with Crippen LogP contribution < -0.4 is 4.72 Å². The van der Waals surface area contributed by atoms with Crippen molar-refractivity contribution in [2.45, 2.75) is 30.2 Å². The number of phenols is 1. The summed E-state index contributed by atoms with van der Waals surface area (Å²) in [7, 11) is -3.96. The highest BCUT2D eigenvalue weighted by Crippen LogP contribution is 2.37. The molecule has 1 aromatic rings. The summed E-state index contributed by atoms with van der Waals surface area (Å²) in [6, 6.07) is 2.01. The number of carbonyl (C=O) groups is 1. The molecular weight excluding hydrogens is 286 g/mol. The smallest absolute Gasteiger partial charge is 0.339 e. The maximum Gasteiger partial charge on any atom is 0.339 e. The van der Waals surface area contributed by atoms with Gasteiger partial charge in [-0.2, -0.15) is 0 Å². The molecule has 1 saturated carbocycles. The third kappa shape index (κ3) is 2.62. The summed E-state index contributed by atoms with van der Waals surface area (Å²) in [5.41, 5.74) is -1.09. The van der Waals surface area contributed by atoms with Crippen LogP contribution in [0.2, 0.25) is 0 Å². The number of hydrogen-bond donors (Lipinski definition) is 4. The minimum atomic E-state index is -3.96. The molecule has 20 heavy (non-hydrogen) atoms. The number of aryl methyl sites for hydroxylation is 1. The van der Waals surface area contributed by atoms with E-state index < -0.39 is 32.8 Å². The number of nitrogens with one attached hydrogen (secondary N) is 1. The zero-order valence-corrected chi connectivity index (χ0v) is 11.6. The number of benzene rings is 1. The molecule has 0 bridgehead atoms. The van der Waals surface area contributed by atoms with E-state index in [-0.39, 0.29) is 17.1 Å². The highest BCUT2D eigenvalue weighted by Gasteiger charge is 2.45. The van der Waals surface area contributed by atoms with E-state index in [2.05, 4.69) is 4.72 Å². The van der Waals surface area contributed by atoms with Crippen molar-refractivity contribution in [3.05, 3.63) is 23.3 Å². The Bertz CT molecular complexity index is 663. The minimum Gasteiger partial charge on any atom is -0.507 e. The summed E-state index contributed by atoms with van der Waals surface area (Å²) >= 11 is 0. The molecule has 110 valence electrons. The lowest BCUT2D eigenvalue weighted by Crippen LogP contribution is -2.39. The topological polar surface area (TPSA) is 124 Å². The van der Waals surface area contributed by atoms with Crippen molar-refractivity contribution in [1.29, 1.82) is 0 Å². The van der Waals surface area contributed by atoms with Crippen LogP contribution in [0.15, 0.2) is 17.0 Å². The number of sulfonamides is 1. The fraction of sp³-hybridized carbons (Fsp3) is 0.417. The Morgan fingerprint density at radius 3 is 2.45 bits per heavy atom. The number of carboxylic acids is 1. The predicted octanol–water partition coefficient (Wildman–Crippen LogP) is 0.202. The normalized spacial score (nSPS) is 16.9. The summed E-state index contributed by atoms with van der Waals surface area (Å²) in [6.45, 7) is 1.15. The van der Waals surface area contributed by atoms with Crippen molar-refractivity contribution in [1.82, 2.24) is 4.72 Å². The van der Waals surface area contributed by atoms with Crippen molar-refractivity contribution < 1.29 is 28.5 Å². The zero-order valence-electron chi connectivity index (χ0n) is 10.8. The first-order chi connectivity index (χ1) is 9.21. The second-order valence-corrected chi connectivity index (χ2v) is 6.63. The van der Waals surface area contributed by atoms with Crippen LogP contribution in [-0.2, 0) is 10.0 Å². The van der Waals surface area contributed by atoms with Gasteiger partial charge in [0.1, 0.15) is 11.3 Å². The average Bonchev–Trinajstić information content (AvgIpc) is 3.07. The Labute approximate surface area is 115 Å². The van der Waals surface area contributed by atoms with E-state index in [0.717, 1.165) is 12.1 Å². The van der Waals surface area contributed by atoms with Gasteiger partial charge in [0.25, 0.3) is 0 Å². The van der Waals surface area contributed by atoms with Crippen LogP contribution in [0.1, 0.15) is 28.8 Å². The molecule has 1 fully saturated rings. The van der Waals surface area contributed by atoms with E-state index in [1.54, 1.807) is 0 Å². The Balaban J connectivity index is 2.46. The number of aliphatic hydroxyl groups is 1. The number of aromatic carboxylic acids is 1. The molecule has 0 radical (unpaired) electrons. The summed E-state index contributed by atoms with van der Waals surface area (Å²) in [4.78, 5) is 10.7. The van der Waals surface area contributed by atoms with Crippen molar-refractivity contribution in [3.63, 3.8) is 0 Å². The predicted molar refractivity (Wildman–Crippen MR) is 69.2 cm³/mol. The van der Waals surface area contributed by atoms with E-state index in [0.29, 0.717) is 12.8 Å². The molecule has 7 nitrogen and oxygen atoms in total. The maximum absolute atomic E-state index is 12.3. The lowest BCUT2D eigenvalue weighted by atomic mass is 10.1. The van der Waals surface area contributed by atoms with Crippen LogP contribution >= 0.6 is 0 Å². The molecule has 1 aliphatic carbocycles. The van der Waals surface area contributed by atoms with Crippen molar-refractivity contribution in [2.24, 2.45) is 0 Å². The molecule has 0 unspecified atom stereocenters. The second kappa shape index (κ2) is 4.72. The number of hydrogen-bond acceptors (Lipinski definition) is 5. The molecule has 0 aliphatic heterocycles. The van der Waals surface area contributed by atoms with Crippen LogP contribution in [0, 0.1) is 6.92 Å². The number of aromatic hydroxyl groups is 1. The van der Waals surface area contributed by atoms with Crippen molar-refractivity contribution in [2.75, 3.05) is 6.61 Å². The lowest BCUT2D eigenvalue weighted by Gasteiger charge is -2.16. The molecule has 2 rings (SSSR count). The molecule has 0 heterocycles. The van der Waals surface area contributed by atoms with Crippen LogP contribution in [-0.4, -0.2) is 41.9 Å². The Morgan fingerprint density at radius 1 is 1.40 bits per heavy atom. The van der Waals surface area contributed by atoms with Gasteiger partial charge in [0.15, 0.2) is 0 Å². The molecule has 1 aromatic carbocycles. The number of carboxylic acid groups (broad SMARTS) is 1. The lowest BCUT2D eigenvalue weighted by molar-refractivity contribution is 0.0693. The van der Waals surface area contributed by atoms with Crippen molar-refractivity contribution >= 4 is 16.0 Å². The molecule has 8 heteroatoms. The third-order valence-corrected chi connectivity index (χ3v) is 5.04. The largest absolute Gasteiger partial charge is 0.507 e. The molecule has 0 amide bonds. The SMILES string of the molecule is Cc1cc(O)c(C(=O)O)cc1S(=O)(=O)NC1(CO)CC1. The Morgan fingerprint density at radius 2 is 2.00 bits per heavy atom. The summed E-state index contributed by atoms with van der Waals surface area (Å²) in [6.07, 6.45) is 1.07. The third-order valence-electron chi connectivity index (χ3n) is 3.32. The van der Waals surface area contributed by atoms with E-state index in [9.17, 15) is 18.3 Å². The quantitative estimate of drug-likeness (QED) is 0.616. The molecule has 0 spiro atoms. The monoisotopic (exact) mass is 301 g/mol. The van der Waals surface area contributed by atoms with Gasteiger partial charge < -0.3 is 15.3 Å². The van der Waals surface area contributed by atoms with Gasteiger partial charge in [-0.15, -0.1) is 0 Å². The maximum atomic E-state index is 12.3. The summed E-state index contributed by atoms with van der Waals surface area (Å²) in [5, 5.41) is 27.6. The van der Waals surface area contributed by atoms with Crippen LogP contribution in [0.3, 0.4) is 0 Å². The highest BCUT2D eigenvalue weighted by atomic mass is 32.2. The highest BCUT2D eigenvalue weighted by molar-refractivity contribution is 7.89. The first kappa shape index (κ1) is 14.8. The zero-order chi connectivity index (χ0) is 15.1. The van der Waals surface area contributed by atoms with Gasteiger partial charge in [0.05, 0.1) is 17.0 Å². The summed E-state index contributed by atoms with van der Waals surface area (Å²) in [5.74, 6) is -1.90. The molecular formula is C12H15NO6S. The first-order valence-electron chi connectivity index (χ1n) is 5.92. The van der Waals surface area contributed by atoms with E-state index >= 15 is 0 Å². The fourth-order valence-electron chi connectivity index (χ4n) is 1.92. The van der Waals surface area contributed by atoms with E-state index in [1.807, 2.05) is 0 Å². The van der Waals surface area contributed by atoms with Gasteiger partial charge in [0.2, 0.25) is 10.0 Å². The molecule has 0 saturated heterocycles. The Kier molecular flexibility index (Phi) is 3.49. The van der Waals surface area contributed by atoms with Gasteiger partial charge >= 0.3 is 5.97 Å². The summed E-state index contributed by atoms with van der Waals surface area (Å²) < 4.78 is 26.9. The van der Waals surface area contributed by atoms with Crippen LogP contribution in [0.5, 0.6) is 5.75 Å². The van der Waals surface area contributed by atoms with Gasteiger partial charge in [0, 0.05) is 0 Å². The molecule has 1 aliphatic rings. The first-order valence-corrected chi connectivity index (χ1v) is 7.41. The average molecular weight is 301 g/mol. The standard InChI is InChI=1S/C12H15NO6S/c1-7-4-9(15)8(11(16)17)5-10(7)20(18,19)13-12(6-14)2-3-12/h4-5,13-15H,2-3,6H2,1H3,(H,16,17). The van der Waals surface area contributed by atoms with E-state index in [1.165, 1.54) is 6.92 Å². The van der Waals surface area contributed by atoms with Gasteiger partial charge in [-0.25, -0.2) is 17.9 Å². The van der Waals surface area contributed by atoms with Crippen LogP contribution in [0.25, 0.3) is 0 Å². The fourth-order valence-corrected chi connectivity index (χ4v) is 3.62. The number of aliphatic hydroxyl groups excluding tert-OH is 1. The number of rotatable bonds is 5. The molecule has 0 atom stereocenters.